The molecule has 1 aromatic carbocycles. The highest BCUT2D eigenvalue weighted by atomic mass is 32.2. The highest BCUT2D eigenvalue weighted by Crippen LogP contribution is 2.28. The molecule has 32 heavy (non-hydrogen) atoms. The standard InChI is InChI=1S/C21H26FN3O5S2/c1-21(2,3)30-20(27)24-16-8-6-14(22)12-17(16)23-18(26)13-15-7-9-19(31-15)32(28,29)25-10-4-5-11-25/h6-9,12H,4-5,10-11,13H2,1-3H3,(H,23,26)(H,24,27). The number of nitrogens with one attached hydrogen (secondary N) is 2. The van der Waals surface area contributed by atoms with Crippen LogP contribution in [0, 0.1) is 5.82 Å². The molecule has 0 aliphatic carbocycles. The number of thiophene rings is 1. The van der Waals surface area contributed by atoms with Gasteiger partial charge in [0.05, 0.1) is 17.8 Å². The van der Waals surface area contributed by atoms with Crippen molar-refractivity contribution >= 4 is 44.7 Å². The molecule has 0 radical (unpaired) electrons. The van der Waals surface area contributed by atoms with E-state index in [9.17, 15) is 22.4 Å². The number of benzene rings is 1. The number of hydrogen-bond acceptors (Lipinski definition) is 6. The predicted octanol–water partition coefficient (Wildman–Crippen LogP) is 4.20. The molecule has 0 bridgehead atoms. The second kappa shape index (κ2) is 9.55. The Morgan fingerprint density at radius 1 is 1.09 bits per heavy atom. The smallest absolute Gasteiger partial charge is 0.412 e. The van der Waals surface area contributed by atoms with Gasteiger partial charge in [0.1, 0.15) is 15.6 Å². The molecule has 1 aromatic heterocycles. The van der Waals surface area contributed by atoms with Gasteiger partial charge in [-0.1, -0.05) is 0 Å². The Kier molecular flexibility index (Phi) is 7.21. The zero-order chi connectivity index (χ0) is 23.5. The van der Waals surface area contributed by atoms with Crippen LogP contribution in [0.2, 0.25) is 0 Å². The molecule has 8 nitrogen and oxygen atoms in total. The number of ether oxygens (including phenoxy) is 1. The van der Waals surface area contributed by atoms with Crippen LogP contribution in [0.5, 0.6) is 0 Å². The van der Waals surface area contributed by atoms with Crippen molar-refractivity contribution in [3.8, 4) is 0 Å². The first-order chi connectivity index (χ1) is 14.9. The minimum absolute atomic E-state index is 0.0716. The number of hydrogen-bond donors (Lipinski definition) is 2. The molecule has 1 aliphatic rings. The second-order valence-electron chi connectivity index (χ2n) is 8.37. The number of nitrogens with zero attached hydrogens (tertiary/aromatic N) is 1. The molecule has 0 unspecified atom stereocenters. The summed E-state index contributed by atoms with van der Waals surface area (Å²) in [7, 11) is -3.54. The lowest BCUT2D eigenvalue weighted by Crippen LogP contribution is -2.27. The van der Waals surface area contributed by atoms with Crippen molar-refractivity contribution in [3.63, 3.8) is 0 Å². The highest BCUT2D eigenvalue weighted by molar-refractivity contribution is 7.91. The molecule has 2 amide bonds. The van der Waals surface area contributed by atoms with E-state index >= 15 is 0 Å². The van der Waals surface area contributed by atoms with Crippen molar-refractivity contribution in [2.45, 2.75) is 49.8 Å². The zero-order valence-corrected chi connectivity index (χ0v) is 19.7. The van der Waals surface area contributed by atoms with Gasteiger partial charge in [-0.3, -0.25) is 10.1 Å². The van der Waals surface area contributed by atoms with E-state index in [1.54, 1.807) is 26.8 Å². The fraction of sp³-hybridized carbons (Fsp3) is 0.429. The van der Waals surface area contributed by atoms with E-state index in [1.807, 2.05) is 0 Å². The molecule has 1 fully saturated rings. The minimum Gasteiger partial charge on any atom is -0.444 e. The minimum atomic E-state index is -3.54. The maximum absolute atomic E-state index is 13.8. The van der Waals surface area contributed by atoms with Crippen LogP contribution < -0.4 is 10.6 Å². The van der Waals surface area contributed by atoms with Crippen molar-refractivity contribution in [2.75, 3.05) is 23.7 Å². The maximum atomic E-state index is 13.8. The van der Waals surface area contributed by atoms with Gasteiger partial charge in [0, 0.05) is 18.0 Å². The van der Waals surface area contributed by atoms with E-state index < -0.39 is 33.4 Å². The molecule has 2 aromatic rings. The first-order valence-electron chi connectivity index (χ1n) is 10.1. The van der Waals surface area contributed by atoms with Crippen LogP contribution >= 0.6 is 11.3 Å². The normalized spacial score (nSPS) is 14.9. The highest BCUT2D eigenvalue weighted by Gasteiger charge is 2.28. The van der Waals surface area contributed by atoms with Crippen molar-refractivity contribution in [1.82, 2.24) is 4.31 Å². The number of carbonyl (C=O) groups is 2. The molecular formula is C21H26FN3O5S2. The molecule has 11 heteroatoms. The van der Waals surface area contributed by atoms with E-state index in [0.717, 1.165) is 36.3 Å². The SMILES string of the molecule is CC(C)(C)OC(=O)Nc1ccc(F)cc1NC(=O)Cc1ccc(S(=O)(=O)N2CCCC2)s1. The van der Waals surface area contributed by atoms with Crippen LogP contribution in [0.3, 0.4) is 0 Å². The Morgan fingerprint density at radius 3 is 2.44 bits per heavy atom. The molecule has 174 valence electrons. The second-order valence-corrected chi connectivity index (χ2v) is 11.7. The van der Waals surface area contributed by atoms with Gasteiger partial charge in [-0.05, 0) is 63.9 Å². The molecule has 0 saturated carbocycles. The van der Waals surface area contributed by atoms with E-state index in [4.69, 9.17) is 4.74 Å². The molecule has 0 spiro atoms. The summed E-state index contributed by atoms with van der Waals surface area (Å²) >= 11 is 1.04. The number of amides is 2. The molecule has 1 saturated heterocycles. The lowest BCUT2D eigenvalue weighted by atomic mass is 10.2. The first kappa shape index (κ1) is 24.1. The van der Waals surface area contributed by atoms with Gasteiger partial charge in [-0.25, -0.2) is 17.6 Å². The quantitative estimate of drug-likeness (QED) is 0.641. The summed E-state index contributed by atoms with van der Waals surface area (Å²) in [5.41, 5.74) is -0.473. The molecule has 2 N–H and O–H groups in total. The third kappa shape index (κ3) is 6.27. The predicted molar refractivity (Wildman–Crippen MR) is 121 cm³/mol. The number of sulfonamides is 1. The summed E-state index contributed by atoms with van der Waals surface area (Å²) < 4.78 is 45.9. The van der Waals surface area contributed by atoms with Gasteiger partial charge in [0.15, 0.2) is 0 Å². The van der Waals surface area contributed by atoms with Gasteiger partial charge in [0.25, 0.3) is 10.0 Å². The lowest BCUT2D eigenvalue weighted by molar-refractivity contribution is -0.115. The van der Waals surface area contributed by atoms with Crippen LogP contribution in [0.1, 0.15) is 38.5 Å². The van der Waals surface area contributed by atoms with Gasteiger partial charge < -0.3 is 10.1 Å². The first-order valence-corrected chi connectivity index (χ1v) is 12.4. The third-order valence-corrected chi connectivity index (χ3v) is 7.97. The van der Waals surface area contributed by atoms with Gasteiger partial charge in [-0.2, -0.15) is 4.31 Å². The average Bonchev–Trinajstić information content (AvgIpc) is 3.35. The average molecular weight is 484 g/mol. The Bertz CT molecular complexity index is 1100. The van der Waals surface area contributed by atoms with Crippen molar-refractivity contribution < 1.29 is 27.1 Å². The summed E-state index contributed by atoms with van der Waals surface area (Å²) in [6.45, 7) is 6.13. The summed E-state index contributed by atoms with van der Waals surface area (Å²) in [6, 6.07) is 6.65. The van der Waals surface area contributed by atoms with Crippen molar-refractivity contribution in [1.29, 1.82) is 0 Å². The molecule has 1 aliphatic heterocycles. The van der Waals surface area contributed by atoms with Crippen LogP contribution in [0.25, 0.3) is 0 Å². The van der Waals surface area contributed by atoms with Crippen molar-refractivity contribution in [3.05, 3.63) is 41.0 Å². The number of halogens is 1. The monoisotopic (exact) mass is 483 g/mol. The third-order valence-electron chi connectivity index (χ3n) is 4.52. The molecular weight excluding hydrogens is 457 g/mol. The summed E-state index contributed by atoms with van der Waals surface area (Å²) in [5.74, 6) is -1.07. The summed E-state index contributed by atoms with van der Waals surface area (Å²) in [5, 5.41) is 5.06. The number of carbonyl (C=O) groups excluding carboxylic acids is 2. The molecule has 2 heterocycles. The van der Waals surface area contributed by atoms with Crippen molar-refractivity contribution in [2.24, 2.45) is 0 Å². The Labute approximate surface area is 190 Å². The number of anilines is 2. The van der Waals surface area contributed by atoms with E-state index in [1.165, 1.54) is 16.4 Å². The molecule has 0 atom stereocenters. The van der Waals surface area contributed by atoms with Gasteiger partial charge >= 0.3 is 6.09 Å². The van der Waals surface area contributed by atoms with E-state index in [2.05, 4.69) is 10.6 Å². The van der Waals surface area contributed by atoms with Crippen LogP contribution in [0.4, 0.5) is 20.6 Å². The zero-order valence-electron chi connectivity index (χ0n) is 18.1. The summed E-state index contributed by atoms with van der Waals surface area (Å²) in [6.07, 6.45) is 0.845. The Balaban J connectivity index is 1.68. The van der Waals surface area contributed by atoms with E-state index in [-0.39, 0.29) is 22.0 Å². The summed E-state index contributed by atoms with van der Waals surface area (Å²) in [4.78, 5) is 25.1. The fourth-order valence-electron chi connectivity index (χ4n) is 3.14. The Hall–Kier alpha value is -2.50. The number of rotatable bonds is 6. The molecule has 3 rings (SSSR count). The van der Waals surface area contributed by atoms with E-state index in [0.29, 0.717) is 18.0 Å². The van der Waals surface area contributed by atoms with Gasteiger partial charge in [0.2, 0.25) is 5.91 Å². The van der Waals surface area contributed by atoms with Gasteiger partial charge in [-0.15, -0.1) is 11.3 Å². The van der Waals surface area contributed by atoms with Crippen LogP contribution in [-0.4, -0.2) is 43.4 Å². The van der Waals surface area contributed by atoms with Crippen LogP contribution in [0.15, 0.2) is 34.5 Å². The lowest BCUT2D eigenvalue weighted by Gasteiger charge is -2.20. The maximum Gasteiger partial charge on any atom is 0.412 e. The topological polar surface area (TPSA) is 105 Å². The van der Waals surface area contributed by atoms with Crippen LogP contribution in [-0.2, 0) is 26.0 Å². The Morgan fingerprint density at radius 2 is 1.78 bits per heavy atom. The largest absolute Gasteiger partial charge is 0.444 e. The fourth-order valence-corrected chi connectivity index (χ4v) is 6.17.